The molecule has 5 atom stereocenters. The second-order valence-corrected chi connectivity index (χ2v) is 11.7. The number of ether oxygens (including phenoxy) is 1. The molecule has 2 aliphatic carbocycles. The Morgan fingerprint density at radius 2 is 1.96 bits per heavy atom. The van der Waals surface area contributed by atoms with Crippen LogP contribution < -0.4 is 4.74 Å². The monoisotopic (exact) mass is 420 g/mol. The summed E-state index contributed by atoms with van der Waals surface area (Å²) in [6.45, 7) is -0.105. The molecule has 2 bridgehead atoms. The van der Waals surface area contributed by atoms with E-state index in [2.05, 4.69) is 9.89 Å². The van der Waals surface area contributed by atoms with Gasteiger partial charge in [-0.15, -0.1) is 0 Å². The number of amidine groups is 1. The van der Waals surface area contributed by atoms with Crippen LogP contribution in [0.3, 0.4) is 0 Å². The second kappa shape index (κ2) is 7.06. The highest BCUT2D eigenvalue weighted by molar-refractivity contribution is 8.15. The van der Waals surface area contributed by atoms with Crippen LogP contribution in [-0.2, 0) is 14.6 Å². The van der Waals surface area contributed by atoms with E-state index in [1.54, 1.807) is 0 Å². The fourth-order valence-corrected chi connectivity index (χ4v) is 9.32. The molecule has 0 N–H and O–H groups in total. The molecule has 0 spiro atoms. The van der Waals surface area contributed by atoms with Crippen molar-refractivity contribution in [3.63, 3.8) is 0 Å². The van der Waals surface area contributed by atoms with Crippen LogP contribution in [0.4, 0.5) is 0 Å². The summed E-state index contributed by atoms with van der Waals surface area (Å²) >= 11 is 1.48. The Morgan fingerprint density at radius 1 is 1.14 bits per heavy atom. The van der Waals surface area contributed by atoms with Crippen LogP contribution in [-0.4, -0.2) is 59.8 Å². The number of nitrogens with zero attached hydrogens (tertiary/aromatic N) is 2. The number of hydrogen-bond donors (Lipinski definition) is 0. The van der Waals surface area contributed by atoms with E-state index in [9.17, 15) is 13.2 Å². The van der Waals surface area contributed by atoms with Crippen molar-refractivity contribution in [2.75, 3.05) is 18.1 Å². The third-order valence-electron chi connectivity index (χ3n) is 6.49. The Balaban J connectivity index is 1.35. The zero-order valence-corrected chi connectivity index (χ0v) is 17.2. The van der Waals surface area contributed by atoms with E-state index in [4.69, 9.17) is 4.74 Å². The third-order valence-corrected chi connectivity index (χ3v) is 9.71. The summed E-state index contributed by atoms with van der Waals surface area (Å²) in [4.78, 5) is 19.1. The van der Waals surface area contributed by atoms with E-state index in [0.29, 0.717) is 22.9 Å². The van der Waals surface area contributed by atoms with Crippen LogP contribution >= 0.6 is 11.8 Å². The van der Waals surface area contributed by atoms with Gasteiger partial charge in [-0.05, 0) is 43.2 Å². The van der Waals surface area contributed by atoms with Gasteiger partial charge >= 0.3 is 0 Å². The lowest BCUT2D eigenvalue weighted by Gasteiger charge is -2.36. The van der Waals surface area contributed by atoms with Crippen molar-refractivity contribution < 1.29 is 17.9 Å². The summed E-state index contributed by atoms with van der Waals surface area (Å²) in [7, 11) is -3.01. The van der Waals surface area contributed by atoms with Crippen LogP contribution in [0, 0.1) is 11.8 Å². The largest absolute Gasteiger partial charge is 0.484 e. The fraction of sp³-hybridized carbons (Fsp3) is 0.600. The Bertz CT molecular complexity index is 902. The van der Waals surface area contributed by atoms with Crippen molar-refractivity contribution in [1.29, 1.82) is 0 Å². The maximum absolute atomic E-state index is 12.5. The molecule has 8 heteroatoms. The lowest BCUT2D eigenvalue weighted by atomic mass is 9.93. The zero-order valence-electron chi connectivity index (χ0n) is 15.6. The van der Waals surface area contributed by atoms with Gasteiger partial charge < -0.3 is 9.64 Å². The molecule has 150 valence electrons. The summed E-state index contributed by atoms with van der Waals surface area (Å²) in [6.07, 6.45) is 4.82. The van der Waals surface area contributed by atoms with Crippen molar-refractivity contribution in [3.8, 4) is 5.75 Å². The summed E-state index contributed by atoms with van der Waals surface area (Å²) in [5, 5.41) is 0.704. The Morgan fingerprint density at radius 3 is 2.68 bits per heavy atom. The molecule has 0 aromatic heterocycles. The lowest BCUT2D eigenvalue weighted by molar-refractivity contribution is -0.119. The summed E-state index contributed by atoms with van der Waals surface area (Å²) in [6, 6.07) is 9.51. The van der Waals surface area contributed by atoms with Crippen molar-refractivity contribution in [3.05, 3.63) is 30.3 Å². The number of thioether (sulfide) groups is 1. The van der Waals surface area contributed by atoms with E-state index in [1.165, 1.54) is 31.0 Å². The number of fused-ring (bicyclic) bond motifs is 3. The normalized spacial score (nSPS) is 36.8. The Hall–Kier alpha value is -1.54. The van der Waals surface area contributed by atoms with Crippen LogP contribution in [0.15, 0.2) is 35.3 Å². The standard InChI is InChI=1S/C20H24N2O4S2/c23-19(10-26-15-4-2-1-3-5-15)21-20-22(16-9-13-6-7-14(16)8-13)17-11-28(24,25)12-18(17)27-20/h1-5,13-14,16-18H,6-12H2/t13-,14-,16+,17-,18+/m0/s1. The molecule has 2 saturated heterocycles. The highest BCUT2D eigenvalue weighted by Crippen LogP contribution is 2.51. The molecule has 28 heavy (non-hydrogen) atoms. The number of rotatable bonds is 4. The average Bonchev–Trinajstić information content (AvgIpc) is 3.40. The molecule has 6 nitrogen and oxygen atoms in total. The third kappa shape index (κ3) is 3.45. The van der Waals surface area contributed by atoms with Gasteiger partial charge in [0.25, 0.3) is 5.91 Å². The smallest absolute Gasteiger partial charge is 0.285 e. The quantitative estimate of drug-likeness (QED) is 0.744. The first-order valence-corrected chi connectivity index (χ1v) is 12.6. The fourth-order valence-electron chi connectivity index (χ4n) is 5.33. The maximum atomic E-state index is 12.5. The molecule has 4 fully saturated rings. The predicted octanol–water partition coefficient (Wildman–Crippen LogP) is 2.35. The Labute approximate surface area is 169 Å². The highest BCUT2D eigenvalue weighted by atomic mass is 32.2. The zero-order chi connectivity index (χ0) is 19.3. The van der Waals surface area contributed by atoms with E-state index in [1.807, 2.05) is 30.3 Å². The van der Waals surface area contributed by atoms with Gasteiger partial charge in [-0.1, -0.05) is 36.4 Å². The van der Waals surface area contributed by atoms with E-state index < -0.39 is 9.84 Å². The van der Waals surface area contributed by atoms with Crippen LogP contribution in [0.1, 0.15) is 25.7 Å². The number of carbonyl (C=O) groups is 1. The van der Waals surface area contributed by atoms with Gasteiger partial charge in [-0.25, -0.2) is 8.42 Å². The van der Waals surface area contributed by atoms with Crippen LogP contribution in [0.25, 0.3) is 0 Å². The topological polar surface area (TPSA) is 76.0 Å². The summed E-state index contributed by atoms with van der Waals surface area (Å²) in [5.41, 5.74) is 0. The molecule has 2 saturated carbocycles. The minimum absolute atomic E-state index is 0.00859. The van der Waals surface area contributed by atoms with Gasteiger partial charge in [-0.3, -0.25) is 4.79 Å². The van der Waals surface area contributed by atoms with Crippen molar-refractivity contribution >= 4 is 32.7 Å². The lowest BCUT2D eigenvalue weighted by Crippen LogP contribution is -2.47. The highest BCUT2D eigenvalue weighted by Gasteiger charge is 2.54. The van der Waals surface area contributed by atoms with E-state index >= 15 is 0 Å². The number of para-hydroxylation sites is 1. The number of aliphatic imine (C=N–C) groups is 1. The van der Waals surface area contributed by atoms with Gasteiger partial charge in [-0.2, -0.15) is 4.99 Å². The van der Waals surface area contributed by atoms with E-state index in [-0.39, 0.29) is 35.3 Å². The number of benzene rings is 1. The molecule has 0 radical (unpaired) electrons. The second-order valence-electron chi connectivity index (χ2n) is 8.34. The molecular weight excluding hydrogens is 396 g/mol. The number of hydrogen-bond acceptors (Lipinski definition) is 5. The molecular formula is C20H24N2O4S2. The van der Waals surface area contributed by atoms with E-state index in [0.717, 1.165) is 12.3 Å². The summed E-state index contributed by atoms with van der Waals surface area (Å²) < 4.78 is 29.9. The predicted molar refractivity (Wildman–Crippen MR) is 109 cm³/mol. The minimum atomic E-state index is -3.01. The maximum Gasteiger partial charge on any atom is 0.285 e. The molecule has 5 rings (SSSR count). The molecule has 1 aromatic rings. The molecule has 1 amide bonds. The summed E-state index contributed by atoms with van der Waals surface area (Å²) in [5.74, 6) is 2.05. The molecule has 0 unspecified atom stereocenters. The molecule has 2 aliphatic heterocycles. The van der Waals surface area contributed by atoms with Crippen LogP contribution in [0.5, 0.6) is 5.75 Å². The molecule has 1 aromatic carbocycles. The SMILES string of the molecule is O=C(COc1ccccc1)N=C1S[C@@H]2CS(=O)(=O)C[C@@H]2N1[C@@H]1C[C@H]2CC[C@H]1C2. The van der Waals surface area contributed by atoms with Gasteiger partial charge in [0.2, 0.25) is 0 Å². The van der Waals surface area contributed by atoms with Crippen molar-refractivity contribution in [2.45, 2.75) is 43.0 Å². The van der Waals surface area contributed by atoms with Gasteiger partial charge in [0.1, 0.15) is 5.75 Å². The first kappa shape index (κ1) is 18.5. The number of amides is 1. The average molecular weight is 421 g/mol. The van der Waals surface area contributed by atoms with Gasteiger partial charge in [0.15, 0.2) is 21.6 Å². The molecule has 4 aliphatic rings. The Kier molecular flexibility index (Phi) is 4.66. The minimum Gasteiger partial charge on any atom is -0.484 e. The first-order chi connectivity index (χ1) is 13.5. The van der Waals surface area contributed by atoms with Gasteiger partial charge in [0, 0.05) is 11.3 Å². The number of sulfone groups is 1. The number of carbonyl (C=O) groups excluding carboxylic acids is 1. The van der Waals surface area contributed by atoms with Gasteiger partial charge in [0.05, 0.1) is 17.5 Å². The van der Waals surface area contributed by atoms with Crippen LogP contribution in [0.2, 0.25) is 0 Å². The van der Waals surface area contributed by atoms with Crippen molar-refractivity contribution in [1.82, 2.24) is 4.90 Å². The van der Waals surface area contributed by atoms with Crippen molar-refractivity contribution in [2.24, 2.45) is 16.8 Å². The first-order valence-electron chi connectivity index (χ1n) is 9.93. The molecule has 2 heterocycles.